The molecular weight excluding hydrogens is 280 g/mol. The second-order valence-corrected chi connectivity index (χ2v) is 3.38. The van der Waals surface area contributed by atoms with Crippen LogP contribution in [0.2, 0.25) is 0 Å². The van der Waals surface area contributed by atoms with Crippen LogP contribution in [0.4, 0.5) is 14.4 Å². The number of aliphatic hydroxyl groups excluding tert-OH is 1. The number of aliphatic hydroxyl groups is 1. The van der Waals surface area contributed by atoms with Gasteiger partial charge in [-0.1, -0.05) is 0 Å². The molecule has 0 aromatic rings. The minimum atomic E-state index is -1.56. The van der Waals surface area contributed by atoms with Crippen molar-refractivity contribution in [3.8, 4) is 0 Å². The number of aliphatic carboxylic acids is 1. The zero-order valence-electron chi connectivity index (χ0n) is 10.4. The van der Waals surface area contributed by atoms with Crippen molar-refractivity contribution in [1.29, 1.82) is 0 Å². The number of carboxylic acid groups (broad SMARTS) is 2. The predicted octanol–water partition coefficient (Wildman–Crippen LogP) is -1.10. The molecule has 0 radical (unpaired) electrons. The number of carbonyl (C=O) groups is 4. The summed E-state index contributed by atoms with van der Waals surface area (Å²) in [6.07, 6.45) is -5.19. The summed E-state index contributed by atoms with van der Waals surface area (Å²) in [7, 11) is 0.930. The Kier molecular flexibility index (Phi) is 7.43. The third-order valence-electron chi connectivity index (χ3n) is 1.82. The van der Waals surface area contributed by atoms with Crippen LogP contribution in [0.3, 0.4) is 0 Å². The zero-order valence-corrected chi connectivity index (χ0v) is 10.4. The molecule has 20 heavy (non-hydrogen) atoms. The molecule has 0 aliphatic rings. The minimum absolute atomic E-state index is 0.229. The van der Waals surface area contributed by atoms with Gasteiger partial charge in [-0.2, -0.15) is 0 Å². The molecule has 1 unspecified atom stereocenters. The van der Waals surface area contributed by atoms with Gasteiger partial charge < -0.3 is 30.1 Å². The Morgan fingerprint density at radius 1 is 1.25 bits per heavy atom. The average Bonchev–Trinajstić information content (AvgIpc) is 2.39. The molecule has 0 aliphatic carbocycles. The number of hydrogen-bond donors (Lipinski definition) is 4. The van der Waals surface area contributed by atoms with E-state index in [2.05, 4.69) is 9.47 Å². The summed E-state index contributed by atoms with van der Waals surface area (Å²) in [5.41, 5.74) is 0. The van der Waals surface area contributed by atoms with E-state index in [1.165, 1.54) is 0 Å². The fraction of sp³-hybridized carbons (Fsp3) is 0.556. The first-order chi connectivity index (χ1) is 9.27. The molecule has 11 heteroatoms. The molecule has 4 N–H and O–H groups in total. The largest absolute Gasteiger partial charge is 0.480 e. The molecule has 0 saturated heterocycles. The first-order valence-corrected chi connectivity index (χ1v) is 5.18. The summed E-state index contributed by atoms with van der Waals surface area (Å²) < 4.78 is 9.00. The number of ether oxygens (including phenoxy) is 2. The van der Waals surface area contributed by atoms with Gasteiger partial charge in [0.15, 0.2) is 6.10 Å². The molecule has 1 atom stereocenters. The lowest BCUT2D eigenvalue weighted by molar-refractivity contribution is -0.135. The summed E-state index contributed by atoms with van der Waals surface area (Å²) in [4.78, 5) is 43.0. The van der Waals surface area contributed by atoms with E-state index in [1.54, 1.807) is 0 Å². The zero-order chi connectivity index (χ0) is 15.7. The number of nitrogens with one attached hydrogen (secondary N) is 1. The molecule has 0 aromatic heterocycles. The van der Waals surface area contributed by atoms with Crippen LogP contribution in [0.15, 0.2) is 0 Å². The lowest BCUT2D eigenvalue weighted by Crippen LogP contribution is -2.39. The van der Waals surface area contributed by atoms with Crippen molar-refractivity contribution in [2.24, 2.45) is 0 Å². The van der Waals surface area contributed by atoms with E-state index in [0.29, 0.717) is 0 Å². The van der Waals surface area contributed by atoms with Crippen LogP contribution in [0.5, 0.6) is 0 Å². The predicted molar refractivity (Wildman–Crippen MR) is 60.1 cm³/mol. The summed E-state index contributed by atoms with van der Waals surface area (Å²) in [5, 5.41) is 27.5. The van der Waals surface area contributed by atoms with Crippen LogP contribution < -0.4 is 5.32 Å². The van der Waals surface area contributed by atoms with Gasteiger partial charge in [-0.15, -0.1) is 0 Å². The van der Waals surface area contributed by atoms with Gasteiger partial charge in [0.2, 0.25) is 0 Å². The van der Waals surface area contributed by atoms with Crippen LogP contribution in [0.1, 0.15) is 0 Å². The smallest absolute Gasteiger partial charge is 0.419 e. The van der Waals surface area contributed by atoms with Crippen molar-refractivity contribution in [2.75, 3.05) is 26.8 Å². The minimum Gasteiger partial charge on any atom is -0.480 e. The number of amides is 3. The highest BCUT2D eigenvalue weighted by molar-refractivity contribution is 5.86. The van der Waals surface area contributed by atoms with E-state index in [0.717, 1.165) is 7.05 Å². The van der Waals surface area contributed by atoms with Gasteiger partial charge in [-0.3, -0.25) is 4.79 Å². The van der Waals surface area contributed by atoms with E-state index in [9.17, 15) is 19.2 Å². The van der Waals surface area contributed by atoms with Gasteiger partial charge in [0, 0.05) is 7.05 Å². The lowest BCUT2D eigenvalue weighted by Gasteiger charge is -2.18. The number of carbonyl (C=O) groups excluding carboxylic acids is 2. The molecule has 0 aromatic carbocycles. The lowest BCUT2D eigenvalue weighted by atomic mass is 10.4. The Balaban J connectivity index is 4.16. The Morgan fingerprint density at radius 3 is 2.30 bits per heavy atom. The van der Waals surface area contributed by atoms with Crippen LogP contribution in [-0.2, 0) is 14.3 Å². The van der Waals surface area contributed by atoms with E-state index >= 15 is 0 Å². The summed E-state index contributed by atoms with van der Waals surface area (Å²) in [6, 6.07) is 0. The van der Waals surface area contributed by atoms with Gasteiger partial charge in [0.1, 0.15) is 13.2 Å². The highest BCUT2D eigenvalue weighted by Gasteiger charge is 2.22. The highest BCUT2D eigenvalue weighted by Crippen LogP contribution is 1.99. The summed E-state index contributed by atoms with van der Waals surface area (Å²) in [6.45, 7) is -1.95. The third-order valence-corrected chi connectivity index (χ3v) is 1.82. The average molecular weight is 294 g/mol. The monoisotopic (exact) mass is 294 g/mol. The van der Waals surface area contributed by atoms with E-state index < -0.39 is 50.1 Å². The van der Waals surface area contributed by atoms with Gasteiger partial charge in [-0.05, 0) is 0 Å². The first-order valence-electron chi connectivity index (χ1n) is 5.18. The number of carboxylic acids is 1. The highest BCUT2D eigenvalue weighted by atomic mass is 16.6. The molecule has 0 aliphatic heterocycles. The maximum Gasteiger partial charge on any atom is 0.419 e. The molecule has 114 valence electrons. The molecule has 0 rings (SSSR count). The molecule has 3 amide bonds. The Hall–Kier alpha value is -2.56. The molecular formula is C9H14N2O9. The van der Waals surface area contributed by atoms with Crippen LogP contribution in [-0.4, -0.2) is 77.4 Å². The fourth-order valence-electron chi connectivity index (χ4n) is 0.791. The van der Waals surface area contributed by atoms with Crippen molar-refractivity contribution in [3.05, 3.63) is 0 Å². The van der Waals surface area contributed by atoms with Crippen molar-refractivity contribution >= 4 is 24.2 Å². The normalized spacial score (nSPS) is 11.1. The van der Waals surface area contributed by atoms with Crippen molar-refractivity contribution in [3.63, 3.8) is 0 Å². The Labute approximate surface area is 112 Å². The summed E-state index contributed by atoms with van der Waals surface area (Å²) >= 11 is 0. The van der Waals surface area contributed by atoms with Crippen molar-refractivity contribution in [1.82, 2.24) is 10.2 Å². The van der Waals surface area contributed by atoms with Crippen LogP contribution >= 0.6 is 0 Å². The topological polar surface area (TPSA) is 163 Å². The second-order valence-electron chi connectivity index (χ2n) is 3.38. The maximum atomic E-state index is 11.2. The number of imide groups is 1. The maximum absolute atomic E-state index is 11.2. The van der Waals surface area contributed by atoms with Crippen LogP contribution in [0.25, 0.3) is 0 Å². The SMILES string of the molecule is CN(C(=O)O)C(=O)OC(CO)COC(=O)NCC(=O)O. The van der Waals surface area contributed by atoms with Gasteiger partial charge in [0.05, 0.1) is 6.61 Å². The van der Waals surface area contributed by atoms with E-state index in [-0.39, 0.29) is 4.90 Å². The number of nitrogens with zero attached hydrogens (tertiary/aromatic N) is 1. The number of alkyl carbamates (subject to hydrolysis) is 1. The van der Waals surface area contributed by atoms with E-state index in [4.69, 9.17) is 15.3 Å². The quantitative estimate of drug-likeness (QED) is 0.476. The van der Waals surface area contributed by atoms with Gasteiger partial charge in [0.25, 0.3) is 0 Å². The Bertz CT molecular complexity index is 384. The van der Waals surface area contributed by atoms with Crippen LogP contribution in [0, 0.1) is 0 Å². The van der Waals surface area contributed by atoms with Crippen molar-refractivity contribution in [2.45, 2.75) is 6.10 Å². The molecule has 0 fully saturated rings. The molecule has 0 bridgehead atoms. The van der Waals surface area contributed by atoms with Gasteiger partial charge >= 0.3 is 24.2 Å². The standard InChI is InChI=1S/C9H14N2O9/c1-11(8(16)17)9(18)20-5(3-12)4-19-7(15)10-2-6(13)14/h5,12H,2-4H2,1H3,(H,10,15)(H,13,14)(H,16,17). The molecule has 0 saturated carbocycles. The van der Waals surface area contributed by atoms with Gasteiger partial charge in [-0.25, -0.2) is 19.3 Å². The molecule has 0 spiro atoms. The van der Waals surface area contributed by atoms with Crippen molar-refractivity contribution < 1.29 is 44.0 Å². The second kappa shape index (κ2) is 8.53. The Morgan fingerprint density at radius 2 is 1.85 bits per heavy atom. The fourth-order valence-corrected chi connectivity index (χ4v) is 0.791. The molecule has 11 nitrogen and oxygen atoms in total. The molecule has 0 heterocycles. The first kappa shape index (κ1) is 17.4. The third kappa shape index (κ3) is 7.00. The number of rotatable bonds is 6. The van der Waals surface area contributed by atoms with E-state index in [1.807, 2.05) is 5.32 Å². The summed E-state index contributed by atoms with van der Waals surface area (Å²) in [5.74, 6) is -1.28. The number of hydrogen-bond acceptors (Lipinski definition) is 7.